The number of carbonyl (C=O) groups excluding carboxylic acids is 12. The topological polar surface area (TPSA) is 279 Å². The molecule has 95 heavy (non-hydrogen) atoms. The Hall–Kier alpha value is -6.89. The second-order valence-electron chi connectivity index (χ2n) is 28.2. The van der Waals surface area contributed by atoms with E-state index >= 15 is 19.2 Å². The lowest BCUT2D eigenvalue weighted by molar-refractivity contribution is -0.158. The maximum atomic E-state index is 15.5. The minimum Gasteiger partial charge on any atom is -0.381 e. The van der Waals surface area contributed by atoms with E-state index in [-0.39, 0.29) is 70.1 Å². The standard InChI is InChI=1S/C69H109ClN12O13/c1-14-46(6)59-66(92)76(9)42-57(85)74(7)43-58(86)78(11)53(39-48-22-17-15-18-23-48)64(90)75(8)41-55(83)71-50(30-27-47-25-28-49(70)29-26-47)63(89)82-35-21-24-51(82)62(88)73-69(31-36-95-37-32-69)68(94)80(13)60(45(4)5)67(93)79(12)54(65(91)81-33-19-16-20-34-81)40-56(84)77(10)52(38-44(2)3)61(87)72-59/h25-26,28-29,44-46,48,50-54,59-60H,14-24,27,30-43H2,1-13H3,(H,71,83)(H,72,87)(H,73,88)/t46-,50-,51-,52-,53-,54-,59-,60-/m0/s1. The van der Waals surface area contributed by atoms with Gasteiger partial charge in [0.25, 0.3) is 0 Å². The lowest BCUT2D eigenvalue weighted by Crippen LogP contribution is -2.67. The molecule has 3 N–H and O–H groups in total. The molecule has 8 atom stereocenters. The van der Waals surface area contributed by atoms with Crippen LogP contribution < -0.4 is 16.0 Å². The molecule has 25 nitrogen and oxygen atoms in total. The Balaban J connectivity index is 1.41. The first kappa shape index (κ1) is 77.1. The van der Waals surface area contributed by atoms with E-state index in [9.17, 15) is 38.4 Å². The van der Waals surface area contributed by atoms with Gasteiger partial charge in [-0.05, 0) is 99.2 Å². The highest BCUT2D eigenvalue weighted by Crippen LogP contribution is 2.32. The van der Waals surface area contributed by atoms with Gasteiger partial charge in [-0.15, -0.1) is 0 Å². The quantitative estimate of drug-likeness (QED) is 0.285. The molecule has 1 spiro atoms. The van der Waals surface area contributed by atoms with E-state index < -0.39 is 157 Å². The summed E-state index contributed by atoms with van der Waals surface area (Å²) < 4.78 is 5.78. The number of hydrogen-bond donors (Lipinski definition) is 3. The van der Waals surface area contributed by atoms with Gasteiger partial charge in [0.2, 0.25) is 70.9 Å². The van der Waals surface area contributed by atoms with Crippen molar-refractivity contribution in [2.75, 3.05) is 102 Å². The van der Waals surface area contributed by atoms with E-state index in [0.29, 0.717) is 50.2 Å². The second kappa shape index (κ2) is 35.4. The maximum Gasteiger partial charge on any atom is 0.248 e. The van der Waals surface area contributed by atoms with Crippen LogP contribution in [-0.2, 0) is 68.7 Å². The number of nitrogens with zero attached hydrogens (tertiary/aromatic N) is 9. The number of likely N-dealkylation sites (N-methyl/N-ethyl adjacent to an activating group) is 7. The minimum absolute atomic E-state index is 0.0105. The Morgan fingerprint density at radius 1 is 0.621 bits per heavy atom. The number of fused-ring (bicyclic) bond motifs is 1. The van der Waals surface area contributed by atoms with E-state index in [0.717, 1.165) is 49.0 Å². The number of halogens is 1. The van der Waals surface area contributed by atoms with Crippen molar-refractivity contribution in [2.45, 2.75) is 205 Å². The number of amides is 12. The highest BCUT2D eigenvalue weighted by Gasteiger charge is 2.50. The Bertz CT molecular complexity index is 2880. The molecule has 4 saturated heterocycles. The van der Waals surface area contributed by atoms with E-state index in [4.69, 9.17) is 16.3 Å². The first-order valence-corrected chi connectivity index (χ1v) is 34.9. The Morgan fingerprint density at radius 2 is 1.22 bits per heavy atom. The molecule has 0 radical (unpaired) electrons. The number of rotatable bonds is 11. The number of likely N-dealkylation sites (tertiary alicyclic amines) is 1. The summed E-state index contributed by atoms with van der Waals surface area (Å²) in [6, 6.07) is -1.28. The van der Waals surface area contributed by atoms with Crippen LogP contribution in [0.1, 0.15) is 156 Å². The summed E-state index contributed by atoms with van der Waals surface area (Å²) >= 11 is 6.24. The summed E-state index contributed by atoms with van der Waals surface area (Å²) in [6.45, 7) is 10.5. The van der Waals surface area contributed by atoms with E-state index in [1.54, 1.807) is 49.9 Å². The van der Waals surface area contributed by atoms with Crippen LogP contribution in [0.4, 0.5) is 0 Å². The van der Waals surface area contributed by atoms with Crippen LogP contribution in [0, 0.1) is 23.7 Å². The van der Waals surface area contributed by atoms with E-state index in [1.165, 1.54) is 83.6 Å². The molecule has 4 heterocycles. The van der Waals surface area contributed by atoms with Gasteiger partial charge in [0.1, 0.15) is 47.8 Å². The summed E-state index contributed by atoms with van der Waals surface area (Å²) in [4.78, 5) is 190. The highest BCUT2D eigenvalue weighted by atomic mass is 35.5. The Kier molecular flexibility index (Phi) is 28.7. The van der Waals surface area contributed by atoms with Crippen LogP contribution in [0.15, 0.2) is 24.3 Å². The van der Waals surface area contributed by atoms with Gasteiger partial charge in [-0.3, -0.25) is 57.5 Å². The fourth-order valence-electron chi connectivity index (χ4n) is 14.1. The predicted molar refractivity (Wildman–Crippen MR) is 358 cm³/mol. The number of ether oxygens (including phenoxy) is 1. The smallest absolute Gasteiger partial charge is 0.248 e. The molecule has 5 aliphatic rings. The molecule has 530 valence electrons. The van der Waals surface area contributed by atoms with Gasteiger partial charge in [0, 0.05) is 100 Å². The SMILES string of the molecule is CC[C@H](C)[C@@H]1NC(=O)[C@H](CC(C)C)N(C)C(=O)C[C@@H](C(=O)N2CCCCC2)N(C)C(=O)[C@H](C(C)C)N(C)C(=O)C2(CCOCC2)NC(=O)[C@@H]2CCCN2C(=O)[C@H](CCc2ccc(Cl)cc2)NC(=O)CN(C)C(=O)[C@H](CC2CCCCC2)N(C)C(=O)CN(C)C(=O)CN(C)C1=O. The minimum atomic E-state index is -1.63. The van der Waals surface area contributed by atoms with Gasteiger partial charge < -0.3 is 64.8 Å². The summed E-state index contributed by atoms with van der Waals surface area (Å²) in [7, 11) is 10.1. The number of aryl methyl sites for hydroxylation is 1. The molecule has 0 aromatic heterocycles. The van der Waals surface area contributed by atoms with Crippen LogP contribution in [0.2, 0.25) is 5.02 Å². The first-order valence-electron chi connectivity index (χ1n) is 34.5. The number of piperidine rings is 1. The summed E-state index contributed by atoms with van der Waals surface area (Å²) in [5, 5.41) is 9.37. The molecule has 1 aromatic carbocycles. The molecule has 1 saturated carbocycles. The average molecular weight is 1350 g/mol. The highest BCUT2D eigenvalue weighted by molar-refractivity contribution is 6.30. The summed E-state index contributed by atoms with van der Waals surface area (Å²) in [5.41, 5.74) is -0.818. The van der Waals surface area contributed by atoms with Crippen molar-refractivity contribution in [2.24, 2.45) is 23.7 Å². The van der Waals surface area contributed by atoms with Crippen molar-refractivity contribution in [3.63, 3.8) is 0 Å². The Labute approximate surface area is 567 Å². The number of carbonyl (C=O) groups is 12. The summed E-state index contributed by atoms with van der Waals surface area (Å²) in [5.74, 6) is -8.35. The molecular weight excluding hydrogens is 1240 g/mol. The molecule has 0 bridgehead atoms. The fraction of sp³-hybridized carbons (Fsp3) is 0.739. The Morgan fingerprint density at radius 3 is 1.83 bits per heavy atom. The number of nitrogens with one attached hydrogen (secondary N) is 3. The average Bonchev–Trinajstić information content (AvgIpc) is 1.76. The molecule has 6 rings (SSSR count). The van der Waals surface area contributed by atoms with Gasteiger partial charge in [-0.1, -0.05) is 104 Å². The van der Waals surface area contributed by atoms with Gasteiger partial charge in [-0.25, -0.2) is 0 Å². The first-order chi connectivity index (χ1) is 44.9. The van der Waals surface area contributed by atoms with Gasteiger partial charge in [-0.2, -0.15) is 0 Å². The summed E-state index contributed by atoms with van der Waals surface area (Å²) in [6.07, 6.45) is 8.21. The van der Waals surface area contributed by atoms with Gasteiger partial charge >= 0.3 is 0 Å². The van der Waals surface area contributed by atoms with Crippen molar-refractivity contribution in [1.29, 1.82) is 0 Å². The van der Waals surface area contributed by atoms with Crippen LogP contribution in [0.25, 0.3) is 0 Å². The maximum absolute atomic E-state index is 15.5. The molecule has 1 aliphatic carbocycles. The largest absolute Gasteiger partial charge is 0.381 e. The third-order valence-corrected chi connectivity index (χ3v) is 20.6. The number of hydrogen-bond acceptors (Lipinski definition) is 13. The van der Waals surface area contributed by atoms with Crippen molar-refractivity contribution in [1.82, 2.24) is 60.0 Å². The van der Waals surface area contributed by atoms with Gasteiger partial charge in [0.15, 0.2) is 0 Å². The normalized spacial score (nSPS) is 26.5. The predicted octanol–water partition coefficient (Wildman–Crippen LogP) is 3.72. The molecule has 4 aliphatic heterocycles. The number of benzene rings is 1. The third-order valence-electron chi connectivity index (χ3n) is 20.3. The fourth-order valence-corrected chi connectivity index (χ4v) is 14.2. The zero-order valence-electron chi connectivity index (χ0n) is 58.8. The molecule has 1 aromatic rings. The lowest BCUT2D eigenvalue weighted by atomic mass is 9.84. The van der Waals surface area contributed by atoms with Crippen molar-refractivity contribution in [3.8, 4) is 0 Å². The lowest BCUT2D eigenvalue weighted by Gasteiger charge is -2.44. The molecule has 5 fully saturated rings. The van der Waals surface area contributed by atoms with Crippen molar-refractivity contribution >= 4 is 82.5 Å². The molecular formula is C69H109ClN12O13. The monoisotopic (exact) mass is 1350 g/mol. The van der Waals surface area contributed by atoms with Crippen LogP contribution >= 0.6 is 11.6 Å². The zero-order valence-corrected chi connectivity index (χ0v) is 59.5. The van der Waals surface area contributed by atoms with Crippen LogP contribution in [0.3, 0.4) is 0 Å². The van der Waals surface area contributed by atoms with Crippen LogP contribution in [0.5, 0.6) is 0 Å². The van der Waals surface area contributed by atoms with E-state index in [2.05, 4.69) is 16.0 Å². The molecule has 0 unspecified atom stereocenters. The van der Waals surface area contributed by atoms with Crippen molar-refractivity contribution in [3.05, 3.63) is 34.9 Å². The molecule has 12 amide bonds. The zero-order chi connectivity index (χ0) is 70.2. The third kappa shape index (κ3) is 20.1. The molecule has 26 heteroatoms. The van der Waals surface area contributed by atoms with Gasteiger partial charge in [0.05, 0.1) is 26.1 Å². The second-order valence-corrected chi connectivity index (χ2v) is 28.7. The van der Waals surface area contributed by atoms with E-state index in [1.807, 2.05) is 20.8 Å². The van der Waals surface area contributed by atoms with Crippen LogP contribution in [-0.4, -0.2) is 265 Å². The van der Waals surface area contributed by atoms with Crippen molar-refractivity contribution < 1.29 is 62.3 Å².